The van der Waals surface area contributed by atoms with Crippen LogP contribution in [0.4, 0.5) is 0 Å². The van der Waals surface area contributed by atoms with Crippen molar-refractivity contribution in [1.29, 1.82) is 0 Å². The van der Waals surface area contributed by atoms with E-state index in [2.05, 4.69) is 35.3 Å². The summed E-state index contributed by atoms with van der Waals surface area (Å²) >= 11 is 4.38. The van der Waals surface area contributed by atoms with E-state index < -0.39 is 0 Å². The van der Waals surface area contributed by atoms with E-state index in [0.29, 0.717) is 0 Å². The van der Waals surface area contributed by atoms with Crippen molar-refractivity contribution in [3.63, 3.8) is 0 Å². The van der Waals surface area contributed by atoms with Crippen molar-refractivity contribution in [3.05, 3.63) is 29.8 Å². The largest absolute Gasteiger partial charge is 0.487 e. The highest BCUT2D eigenvalue weighted by Crippen LogP contribution is 2.40. The normalized spacial score (nSPS) is 23.8. The van der Waals surface area contributed by atoms with Crippen LogP contribution in [0.2, 0.25) is 0 Å². The van der Waals surface area contributed by atoms with Crippen LogP contribution in [0, 0.1) is 0 Å². The Morgan fingerprint density at radius 3 is 2.67 bits per heavy atom. The van der Waals surface area contributed by atoms with Crippen molar-refractivity contribution in [2.24, 2.45) is 0 Å². The molecule has 2 aliphatic heterocycles. The zero-order valence-corrected chi connectivity index (χ0v) is 9.54. The Bertz CT molecular complexity index is 345. The maximum atomic E-state index is 6.12. The highest BCUT2D eigenvalue weighted by Gasteiger charge is 2.41. The van der Waals surface area contributed by atoms with Crippen molar-refractivity contribution < 1.29 is 4.74 Å². The number of thiol groups is 1. The molecule has 0 aromatic heterocycles. The van der Waals surface area contributed by atoms with Gasteiger partial charge >= 0.3 is 0 Å². The Hall–Kier alpha value is -0.670. The maximum Gasteiger partial charge on any atom is 0.123 e. The van der Waals surface area contributed by atoms with Crippen LogP contribution >= 0.6 is 12.8 Å². The molecule has 80 valence electrons. The van der Waals surface area contributed by atoms with E-state index in [-0.39, 0.29) is 5.60 Å². The van der Waals surface area contributed by atoms with E-state index in [9.17, 15) is 0 Å². The van der Waals surface area contributed by atoms with Crippen molar-refractivity contribution >= 4 is 12.8 Å². The first-order valence-corrected chi connectivity index (χ1v) is 5.88. The van der Waals surface area contributed by atoms with E-state index in [4.69, 9.17) is 4.74 Å². The third-order valence-electron chi connectivity index (χ3n) is 3.46. The molecule has 0 aliphatic carbocycles. The van der Waals surface area contributed by atoms with Gasteiger partial charge in [-0.3, -0.25) is 4.31 Å². The molecule has 0 bridgehead atoms. The summed E-state index contributed by atoms with van der Waals surface area (Å²) in [6, 6.07) is 8.40. The van der Waals surface area contributed by atoms with Gasteiger partial charge in [0.2, 0.25) is 0 Å². The minimum Gasteiger partial charge on any atom is -0.487 e. The fourth-order valence-electron chi connectivity index (χ4n) is 2.55. The first-order chi connectivity index (χ1) is 7.27. The van der Waals surface area contributed by atoms with Crippen molar-refractivity contribution in [1.82, 2.24) is 4.31 Å². The molecule has 0 amide bonds. The molecule has 1 aromatic carbocycles. The van der Waals surface area contributed by atoms with Crippen LogP contribution < -0.4 is 4.74 Å². The summed E-state index contributed by atoms with van der Waals surface area (Å²) in [6.07, 6.45) is 3.25. The molecule has 0 radical (unpaired) electrons. The third kappa shape index (κ3) is 1.64. The molecule has 1 aromatic rings. The van der Waals surface area contributed by atoms with Crippen LogP contribution in [0.3, 0.4) is 0 Å². The molecular weight excluding hydrogens is 206 g/mol. The minimum absolute atomic E-state index is 0.0723. The predicted octanol–water partition coefficient (Wildman–Crippen LogP) is 2.30. The second-order valence-electron chi connectivity index (χ2n) is 4.52. The van der Waals surface area contributed by atoms with Crippen LogP contribution in [0.15, 0.2) is 24.3 Å². The Morgan fingerprint density at radius 2 is 1.93 bits per heavy atom. The molecule has 2 nitrogen and oxygen atoms in total. The highest BCUT2D eigenvalue weighted by molar-refractivity contribution is 7.77. The first-order valence-electron chi connectivity index (χ1n) is 5.48. The number of nitrogens with zero attached hydrogens (tertiary/aromatic N) is 1. The molecule has 1 saturated heterocycles. The van der Waals surface area contributed by atoms with Crippen molar-refractivity contribution in [2.75, 3.05) is 13.1 Å². The number of rotatable bonds is 0. The molecule has 1 spiro atoms. The predicted molar refractivity (Wildman–Crippen MR) is 63.3 cm³/mol. The Labute approximate surface area is 95.8 Å². The van der Waals surface area contributed by atoms with Gasteiger partial charge in [-0.1, -0.05) is 31.0 Å². The monoisotopic (exact) mass is 221 g/mol. The summed E-state index contributed by atoms with van der Waals surface area (Å²) in [7, 11) is 0. The second-order valence-corrected chi connectivity index (χ2v) is 5.09. The van der Waals surface area contributed by atoms with Gasteiger partial charge in [0.1, 0.15) is 11.4 Å². The van der Waals surface area contributed by atoms with Crippen molar-refractivity contribution in [3.8, 4) is 5.75 Å². The minimum atomic E-state index is 0.0723. The van der Waals surface area contributed by atoms with E-state index >= 15 is 0 Å². The molecule has 15 heavy (non-hydrogen) atoms. The second kappa shape index (κ2) is 3.42. The fraction of sp³-hybridized carbons (Fsp3) is 0.500. The quantitative estimate of drug-likeness (QED) is 0.675. The van der Waals surface area contributed by atoms with Crippen molar-refractivity contribution in [2.45, 2.75) is 24.9 Å². The highest BCUT2D eigenvalue weighted by atomic mass is 32.1. The lowest BCUT2D eigenvalue weighted by atomic mass is 9.88. The molecule has 0 atom stereocenters. The van der Waals surface area contributed by atoms with E-state index in [0.717, 1.165) is 38.1 Å². The molecule has 0 saturated carbocycles. The third-order valence-corrected chi connectivity index (χ3v) is 3.86. The SMILES string of the molecule is SN1CCC2(CC1)Cc1ccccc1O2. The molecule has 2 heterocycles. The summed E-state index contributed by atoms with van der Waals surface area (Å²) < 4.78 is 8.20. The first kappa shape index (κ1) is 9.55. The van der Waals surface area contributed by atoms with Gasteiger partial charge in [0.25, 0.3) is 0 Å². The molecule has 2 aliphatic rings. The van der Waals surface area contributed by atoms with Gasteiger partial charge in [-0.2, -0.15) is 0 Å². The number of piperidine rings is 1. The van der Waals surface area contributed by atoms with Gasteiger partial charge in [0.15, 0.2) is 0 Å². The van der Waals surface area contributed by atoms with E-state index in [1.807, 2.05) is 6.07 Å². The van der Waals surface area contributed by atoms with Crippen LogP contribution in [0.1, 0.15) is 18.4 Å². The molecule has 3 rings (SSSR count). The molecule has 3 heteroatoms. The number of benzene rings is 1. The Kier molecular flexibility index (Phi) is 2.18. The average Bonchev–Trinajstić information content (AvgIpc) is 2.61. The van der Waals surface area contributed by atoms with Gasteiger partial charge in [-0.15, -0.1) is 0 Å². The molecule has 0 unspecified atom stereocenters. The Balaban J connectivity index is 1.83. The lowest BCUT2D eigenvalue weighted by Gasteiger charge is -2.36. The topological polar surface area (TPSA) is 12.5 Å². The number of para-hydroxylation sites is 1. The van der Waals surface area contributed by atoms with Gasteiger partial charge in [-0.25, -0.2) is 0 Å². The number of fused-ring (bicyclic) bond motifs is 1. The van der Waals surface area contributed by atoms with Crippen LogP contribution in [-0.4, -0.2) is 23.0 Å². The number of hydrogen-bond donors (Lipinski definition) is 1. The summed E-state index contributed by atoms with van der Waals surface area (Å²) in [5.41, 5.74) is 1.44. The lowest BCUT2D eigenvalue weighted by Crippen LogP contribution is -2.44. The summed E-state index contributed by atoms with van der Waals surface area (Å²) in [5, 5.41) is 0. The van der Waals surface area contributed by atoms with Gasteiger partial charge in [-0.05, 0) is 11.6 Å². The summed E-state index contributed by atoms with van der Waals surface area (Å²) in [6.45, 7) is 2.05. The van der Waals surface area contributed by atoms with Gasteiger partial charge in [0, 0.05) is 32.4 Å². The molecular formula is C12H15NOS. The smallest absolute Gasteiger partial charge is 0.123 e. The van der Waals surface area contributed by atoms with E-state index in [1.165, 1.54) is 5.56 Å². The zero-order valence-electron chi connectivity index (χ0n) is 8.65. The van der Waals surface area contributed by atoms with Crippen LogP contribution in [-0.2, 0) is 6.42 Å². The number of hydrogen-bond acceptors (Lipinski definition) is 3. The lowest BCUT2D eigenvalue weighted by molar-refractivity contribution is 0.0433. The van der Waals surface area contributed by atoms with Gasteiger partial charge in [0.05, 0.1) is 0 Å². The molecule has 1 fully saturated rings. The standard InChI is InChI=1S/C12H15NOS/c15-13-7-5-12(6-8-13)9-10-3-1-2-4-11(10)14-12/h1-4,15H,5-9H2. The Morgan fingerprint density at radius 1 is 1.20 bits per heavy atom. The van der Waals surface area contributed by atoms with Gasteiger partial charge < -0.3 is 4.74 Å². The maximum absolute atomic E-state index is 6.12. The molecule has 0 N–H and O–H groups in total. The summed E-state index contributed by atoms with van der Waals surface area (Å²) in [5.74, 6) is 1.09. The van der Waals surface area contributed by atoms with Crippen LogP contribution in [0.25, 0.3) is 0 Å². The fourth-order valence-corrected chi connectivity index (χ4v) is 2.75. The zero-order chi connectivity index (χ0) is 10.3. The van der Waals surface area contributed by atoms with Crippen LogP contribution in [0.5, 0.6) is 5.75 Å². The summed E-state index contributed by atoms with van der Waals surface area (Å²) in [4.78, 5) is 0. The average molecular weight is 221 g/mol. The number of ether oxygens (including phenoxy) is 1. The van der Waals surface area contributed by atoms with E-state index in [1.54, 1.807) is 0 Å².